The maximum atomic E-state index is 11.8. The van der Waals surface area contributed by atoms with Crippen LogP contribution >= 0.6 is 24.0 Å². The molecule has 0 saturated heterocycles. The van der Waals surface area contributed by atoms with Gasteiger partial charge < -0.3 is 15.8 Å². The van der Waals surface area contributed by atoms with Gasteiger partial charge in [-0.3, -0.25) is 4.79 Å². The molecule has 0 spiro atoms. The molecule has 0 heterocycles. The highest BCUT2D eigenvalue weighted by atomic mass is 35.5. The number of halogens is 2. The highest BCUT2D eigenvalue weighted by Gasteiger charge is 2.13. The Kier molecular flexibility index (Phi) is 8.62. The fourth-order valence-electron chi connectivity index (χ4n) is 1.61. The largest absolute Gasteiger partial charge is 0.489 e. The molecule has 1 amide bonds. The van der Waals surface area contributed by atoms with E-state index >= 15 is 0 Å². The first-order chi connectivity index (χ1) is 8.93. The molecule has 1 rings (SSSR count). The Morgan fingerprint density at radius 1 is 1.45 bits per heavy atom. The SMILES string of the molecule is CCCC(N)C(=O)Nc1ccc(OC(C)C)c(Cl)c1.Cl. The number of hydrogen-bond donors (Lipinski definition) is 2. The van der Waals surface area contributed by atoms with Crippen molar-refractivity contribution in [2.75, 3.05) is 5.32 Å². The van der Waals surface area contributed by atoms with Crippen molar-refractivity contribution in [3.05, 3.63) is 23.2 Å². The molecule has 20 heavy (non-hydrogen) atoms. The second-order valence-corrected chi connectivity index (χ2v) is 5.10. The van der Waals surface area contributed by atoms with E-state index in [0.29, 0.717) is 22.9 Å². The zero-order valence-corrected chi connectivity index (χ0v) is 13.6. The third-order valence-electron chi connectivity index (χ3n) is 2.50. The van der Waals surface area contributed by atoms with Gasteiger partial charge in [-0.15, -0.1) is 12.4 Å². The van der Waals surface area contributed by atoms with Gasteiger partial charge in [-0.1, -0.05) is 24.9 Å². The smallest absolute Gasteiger partial charge is 0.241 e. The first-order valence-corrected chi connectivity index (χ1v) is 6.84. The summed E-state index contributed by atoms with van der Waals surface area (Å²) in [4.78, 5) is 11.8. The van der Waals surface area contributed by atoms with E-state index in [-0.39, 0.29) is 24.4 Å². The number of nitrogens with one attached hydrogen (secondary N) is 1. The summed E-state index contributed by atoms with van der Waals surface area (Å²) in [5.41, 5.74) is 6.36. The molecule has 0 aromatic heterocycles. The highest BCUT2D eigenvalue weighted by Crippen LogP contribution is 2.28. The van der Waals surface area contributed by atoms with E-state index in [9.17, 15) is 4.79 Å². The van der Waals surface area contributed by atoms with Crippen LogP contribution in [-0.4, -0.2) is 18.1 Å². The van der Waals surface area contributed by atoms with Gasteiger partial charge in [0, 0.05) is 5.69 Å². The van der Waals surface area contributed by atoms with Crippen molar-refractivity contribution in [2.45, 2.75) is 45.8 Å². The minimum atomic E-state index is -0.490. The third-order valence-corrected chi connectivity index (χ3v) is 2.79. The molecular weight excluding hydrogens is 299 g/mol. The summed E-state index contributed by atoms with van der Waals surface area (Å²) in [5.74, 6) is 0.406. The van der Waals surface area contributed by atoms with Crippen LogP contribution in [0, 0.1) is 0 Å². The quantitative estimate of drug-likeness (QED) is 0.841. The Bertz CT molecular complexity index is 439. The zero-order chi connectivity index (χ0) is 14.4. The van der Waals surface area contributed by atoms with Crippen LogP contribution in [0.2, 0.25) is 5.02 Å². The van der Waals surface area contributed by atoms with Crippen molar-refractivity contribution in [1.29, 1.82) is 0 Å². The molecule has 1 aromatic carbocycles. The Morgan fingerprint density at radius 3 is 2.60 bits per heavy atom. The highest BCUT2D eigenvalue weighted by molar-refractivity contribution is 6.32. The van der Waals surface area contributed by atoms with E-state index in [1.165, 1.54) is 0 Å². The summed E-state index contributed by atoms with van der Waals surface area (Å²) < 4.78 is 5.52. The first kappa shape index (κ1) is 19.0. The minimum Gasteiger partial charge on any atom is -0.489 e. The molecule has 1 atom stereocenters. The Morgan fingerprint density at radius 2 is 2.10 bits per heavy atom. The van der Waals surface area contributed by atoms with Crippen LogP contribution in [0.1, 0.15) is 33.6 Å². The lowest BCUT2D eigenvalue weighted by Crippen LogP contribution is -2.35. The predicted molar refractivity (Wildman–Crippen MR) is 86.0 cm³/mol. The van der Waals surface area contributed by atoms with Gasteiger partial charge in [-0.2, -0.15) is 0 Å². The van der Waals surface area contributed by atoms with Crippen LogP contribution in [0.25, 0.3) is 0 Å². The third kappa shape index (κ3) is 5.99. The number of carbonyl (C=O) groups is 1. The molecule has 1 unspecified atom stereocenters. The zero-order valence-electron chi connectivity index (χ0n) is 12.0. The number of hydrogen-bond acceptors (Lipinski definition) is 3. The van der Waals surface area contributed by atoms with Gasteiger partial charge >= 0.3 is 0 Å². The molecule has 0 radical (unpaired) electrons. The topological polar surface area (TPSA) is 64.4 Å². The summed E-state index contributed by atoms with van der Waals surface area (Å²) in [5, 5.41) is 3.21. The lowest BCUT2D eigenvalue weighted by molar-refractivity contribution is -0.117. The molecule has 1 aromatic rings. The monoisotopic (exact) mass is 320 g/mol. The van der Waals surface area contributed by atoms with Crippen molar-refractivity contribution in [3.8, 4) is 5.75 Å². The molecule has 0 aliphatic rings. The molecule has 0 aliphatic heterocycles. The van der Waals surface area contributed by atoms with E-state index in [1.54, 1.807) is 18.2 Å². The summed E-state index contributed by atoms with van der Waals surface area (Å²) in [6.07, 6.45) is 1.58. The van der Waals surface area contributed by atoms with Gasteiger partial charge in [0.05, 0.1) is 17.2 Å². The lowest BCUT2D eigenvalue weighted by Gasteiger charge is -2.14. The second kappa shape index (κ2) is 9.06. The van der Waals surface area contributed by atoms with E-state index in [2.05, 4.69) is 5.32 Å². The van der Waals surface area contributed by atoms with Gasteiger partial charge in [0.15, 0.2) is 0 Å². The molecule has 0 saturated carbocycles. The van der Waals surface area contributed by atoms with Gasteiger partial charge in [-0.25, -0.2) is 0 Å². The Labute approximate surface area is 131 Å². The number of amides is 1. The van der Waals surface area contributed by atoms with Crippen molar-refractivity contribution in [3.63, 3.8) is 0 Å². The van der Waals surface area contributed by atoms with Crippen LogP contribution in [0.3, 0.4) is 0 Å². The van der Waals surface area contributed by atoms with Crippen molar-refractivity contribution in [2.24, 2.45) is 5.73 Å². The summed E-state index contributed by atoms with van der Waals surface area (Å²) in [6, 6.07) is 4.66. The maximum Gasteiger partial charge on any atom is 0.241 e. The molecule has 114 valence electrons. The van der Waals surface area contributed by atoms with Gasteiger partial charge in [-0.05, 0) is 38.5 Å². The van der Waals surface area contributed by atoms with Crippen LogP contribution in [0.15, 0.2) is 18.2 Å². The van der Waals surface area contributed by atoms with E-state index in [0.717, 1.165) is 6.42 Å². The normalized spacial score (nSPS) is 11.7. The Hall–Kier alpha value is -0.970. The second-order valence-electron chi connectivity index (χ2n) is 4.70. The number of benzene rings is 1. The fourth-order valence-corrected chi connectivity index (χ4v) is 1.83. The van der Waals surface area contributed by atoms with Gasteiger partial charge in [0.25, 0.3) is 0 Å². The molecule has 4 nitrogen and oxygen atoms in total. The van der Waals surface area contributed by atoms with Crippen LogP contribution < -0.4 is 15.8 Å². The average Bonchev–Trinajstić information content (AvgIpc) is 2.32. The van der Waals surface area contributed by atoms with Crippen LogP contribution in [0.5, 0.6) is 5.75 Å². The predicted octanol–water partition coefficient (Wildman–Crippen LogP) is 3.61. The minimum absolute atomic E-state index is 0. The lowest BCUT2D eigenvalue weighted by atomic mass is 10.1. The van der Waals surface area contributed by atoms with Crippen LogP contribution in [-0.2, 0) is 4.79 Å². The molecule has 0 aliphatic carbocycles. The van der Waals surface area contributed by atoms with E-state index < -0.39 is 6.04 Å². The summed E-state index contributed by atoms with van der Waals surface area (Å²) in [6.45, 7) is 5.84. The Balaban J connectivity index is 0.00000361. The number of ether oxygens (including phenoxy) is 1. The first-order valence-electron chi connectivity index (χ1n) is 6.46. The maximum absolute atomic E-state index is 11.8. The molecular formula is C14H22Cl2N2O2. The van der Waals surface area contributed by atoms with Crippen LogP contribution in [0.4, 0.5) is 5.69 Å². The number of rotatable bonds is 6. The van der Waals surface area contributed by atoms with Crippen molar-refractivity contribution >= 4 is 35.6 Å². The summed E-state index contributed by atoms with van der Waals surface area (Å²) >= 11 is 6.09. The molecule has 6 heteroatoms. The van der Waals surface area contributed by atoms with E-state index in [1.807, 2.05) is 20.8 Å². The molecule has 0 fully saturated rings. The van der Waals surface area contributed by atoms with Crippen molar-refractivity contribution in [1.82, 2.24) is 0 Å². The number of nitrogens with two attached hydrogens (primary N) is 1. The molecule has 0 bridgehead atoms. The average molecular weight is 321 g/mol. The fraction of sp³-hybridized carbons (Fsp3) is 0.500. The summed E-state index contributed by atoms with van der Waals surface area (Å²) in [7, 11) is 0. The molecule has 3 N–H and O–H groups in total. The number of carbonyl (C=O) groups excluding carboxylic acids is 1. The van der Waals surface area contributed by atoms with Gasteiger partial charge in [0.1, 0.15) is 5.75 Å². The van der Waals surface area contributed by atoms with Crippen molar-refractivity contribution < 1.29 is 9.53 Å². The van der Waals surface area contributed by atoms with Gasteiger partial charge in [0.2, 0.25) is 5.91 Å². The number of anilines is 1. The van der Waals surface area contributed by atoms with E-state index in [4.69, 9.17) is 22.1 Å². The standard InChI is InChI=1S/C14H21ClN2O2.ClH/c1-4-5-12(16)14(18)17-10-6-7-13(11(15)8-10)19-9(2)3;/h6-9,12H,4-5,16H2,1-3H3,(H,17,18);1H.